The molecule has 0 saturated carbocycles. The maximum atomic E-state index is 12.2. The van der Waals surface area contributed by atoms with Crippen LogP contribution in [0, 0.1) is 12.8 Å². The van der Waals surface area contributed by atoms with Crippen LogP contribution in [0.5, 0.6) is 0 Å². The fraction of sp³-hybridized carbons (Fsp3) is 0.435. The van der Waals surface area contributed by atoms with Crippen molar-refractivity contribution in [3.8, 4) is 0 Å². The van der Waals surface area contributed by atoms with Gasteiger partial charge >= 0.3 is 0 Å². The van der Waals surface area contributed by atoms with E-state index in [-0.39, 0.29) is 29.9 Å². The molecule has 0 aliphatic carbocycles. The number of piperidine rings is 1. The van der Waals surface area contributed by atoms with Crippen LogP contribution >= 0.6 is 24.0 Å². The Morgan fingerprint density at radius 3 is 2.63 bits per heavy atom. The molecule has 0 spiro atoms. The highest BCUT2D eigenvalue weighted by Gasteiger charge is 2.28. The molecule has 162 valence electrons. The van der Waals surface area contributed by atoms with E-state index in [1.54, 1.807) is 13.1 Å². The third-order valence-corrected chi connectivity index (χ3v) is 5.44. The van der Waals surface area contributed by atoms with E-state index in [0.717, 1.165) is 31.2 Å². The fourth-order valence-electron chi connectivity index (χ4n) is 3.97. The average molecular weight is 521 g/mol. The van der Waals surface area contributed by atoms with Crippen LogP contribution in [-0.4, -0.2) is 48.4 Å². The van der Waals surface area contributed by atoms with Crippen molar-refractivity contribution < 1.29 is 4.79 Å². The van der Waals surface area contributed by atoms with Crippen LogP contribution in [0.3, 0.4) is 0 Å². The zero-order chi connectivity index (χ0) is 20.6. The minimum atomic E-state index is -0.0535. The lowest BCUT2D eigenvalue weighted by Crippen LogP contribution is -2.48. The van der Waals surface area contributed by atoms with E-state index in [1.807, 2.05) is 19.1 Å². The maximum Gasteiger partial charge on any atom is 0.227 e. The number of aliphatic imine (C=N–C) groups is 1. The summed E-state index contributed by atoms with van der Waals surface area (Å²) >= 11 is 0. The maximum absolute atomic E-state index is 12.2. The molecule has 3 rings (SSSR count). The molecule has 1 saturated heterocycles. The first-order valence-electron chi connectivity index (χ1n) is 10.3. The van der Waals surface area contributed by atoms with Crippen LogP contribution in [0.4, 0.5) is 5.82 Å². The van der Waals surface area contributed by atoms with E-state index >= 15 is 0 Å². The molecule has 2 heterocycles. The van der Waals surface area contributed by atoms with Crippen LogP contribution < -0.4 is 10.6 Å². The zero-order valence-electron chi connectivity index (χ0n) is 18.0. The Balaban J connectivity index is 0.00000320. The van der Waals surface area contributed by atoms with Gasteiger partial charge in [0.2, 0.25) is 5.91 Å². The van der Waals surface area contributed by atoms with E-state index in [1.165, 1.54) is 5.56 Å². The van der Waals surface area contributed by atoms with Crippen LogP contribution in [0.25, 0.3) is 0 Å². The molecule has 1 aromatic carbocycles. The topological polar surface area (TPSA) is 69.6 Å². The number of amides is 1. The number of aromatic nitrogens is 1. The Bertz CT molecular complexity index is 842. The van der Waals surface area contributed by atoms with Gasteiger partial charge in [0.1, 0.15) is 5.82 Å². The number of anilines is 1. The zero-order valence-corrected chi connectivity index (χ0v) is 20.3. The summed E-state index contributed by atoms with van der Waals surface area (Å²) in [7, 11) is 1.80. The van der Waals surface area contributed by atoms with Crippen molar-refractivity contribution in [2.75, 3.05) is 32.0 Å². The number of benzene rings is 1. The third kappa shape index (κ3) is 6.68. The number of aryl methyl sites for hydroxylation is 1. The Kier molecular flexibility index (Phi) is 9.55. The van der Waals surface area contributed by atoms with E-state index in [9.17, 15) is 4.79 Å². The molecule has 1 aliphatic heterocycles. The lowest BCUT2D eigenvalue weighted by atomic mass is 9.82. The van der Waals surface area contributed by atoms with E-state index in [0.29, 0.717) is 30.6 Å². The molecule has 30 heavy (non-hydrogen) atoms. The number of halogens is 1. The van der Waals surface area contributed by atoms with Crippen LogP contribution in [-0.2, 0) is 4.79 Å². The molecule has 2 N–H and O–H groups in total. The highest BCUT2D eigenvalue weighted by atomic mass is 127. The van der Waals surface area contributed by atoms with Gasteiger partial charge in [-0.1, -0.05) is 43.3 Å². The van der Waals surface area contributed by atoms with Gasteiger partial charge in [0.25, 0.3) is 0 Å². The van der Waals surface area contributed by atoms with Gasteiger partial charge < -0.3 is 15.5 Å². The third-order valence-electron chi connectivity index (χ3n) is 5.44. The number of hydrogen-bond donors (Lipinski definition) is 2. The molecule has 1 aromatic heterocycles. The molecular formula is C23H32IN5O. The summed E-state index contributed by atoms with van der Waals surface area (Å²) in [5.74, 6) is 2.53. The van der Waals surface area contributed by atoms with Gasteiger partial charge in [0, 0.05) is 38.8 Å². The molecule has 2 unspecified atom stereocenters. The predicted molar refractivity (Wildman–Crippen MR) is 134 cm³/mol. The SMILES string of the molecule is CN=C(NCCC(=O)Nc1cccc(C)n1)N1CCC(c2ccccc2)C(C)C1.I. The number of carbonyl (C=O) groups is 1. The second-order valence-corrected chi connectivity index (χ2v) is 7.67. The monoisotopic (exact) mass is 521 g/mol. The summed E-state index contributed by atoms with van der Waals surface area (Å²) in [5.41, 5.74) is 2.30. The number of rotatable bonds is 5. The number of carbonyl (C=O) groups excluding carboxylic acids is 1. The van der Waals surface area contributed by atoms with Crippen molar-refractivity contribution in [2.24, 2.45) is 10.9 Å². The molecule has 0 bridgehead atoms. The number of nitrogens with one attached hydrogen (secondary N) is 2. The average Bonchev–Trinajstić information content (AvgIpc) is 2.72. The molecular weight excluding hydrogens is 489 g/mol. The van der Waals surface area contributed by atoms with Gasteiger partial charge in [0.15, 0.2) is 5.96 Å². The predicted octanol–water partition coefficient (Wildman–Crippen LogP) is 4.04. The number of nitrogens with zero attached hydrogens (tertiary/aromatic N) is 3. The molecule has 2 atom stereocenters. The van der Waals surface area contributed by atoms with E-state index in [2.05, 4.69) is 62.8 Å². The second-order valence-electron chi connectivity index (χ2n) is 7.67. The first-order chi connectivity index (χ1) is 14.1. The van der Waals surface area contributed by atoms with Crippen molar-refractivity contribution in [1.82, 2.24) is 15.2 Å². The number of guanidine groups is 1. The van der Waals surface area contributed by atoms with Crippen molar-refractivity contribution >= 4 is 41.7 Å². The van der Waals surface area contributed by atoms with Crippen LogP contribution in [0.1, 0.15) is 36.9 Å². The molecule has 6 nitrogen and oxygen atoms in total. The van der Waals surface area contributed by atoms with Crippen molar-refractivity contribution in [3.05, 3.63) is 59.8 Å². The van der Waals surface area contributed by atoms with Gasteiger partial charge in [-0.3, -0.25) is 9.79 Å². The van der Waals surface area contributed by atoms with Gasteiger partial charge in [-0.25, -0.2) is 4.98 Å². The summed E-state index contributed by atoms with van der Waals surface area (Å²) < 4.78 is 0. The van der Waals surface area contributed by atoms with Gasteiger partial charge in [-0.15, -0.1) is 24.0 Å². The first kappa shape index (κ1) is 24.1. The van der Waals surface area contributed by atoms with Gasteiger partial charge in [-0.2, -0.15) is 0 Å². The minimum Gasteiger partial charge on any atom is -0.356 e. The van der Waals surface area contributed by atoms with Gasteiger partial charge in [-0.05, 0) is 42.9 Å². The largest absolute Gasteiger partial charge is 0.356 e. The summed E-state index contributed by atoms with van der Waals surface area (Å²) in [4.78, 5) is 23.2. The normalized spacial score (nSPS) is 19.0. The Labute approximate surface area is 196 Å². The highest BCUT2D eigenvalue weighted by molar-refractivity contribution is 14.0. The Morgan fingerprint density at radius 2 is 1.97 bits per heavy atom. The van der Waals surface area contributed by atoms with Gasteiger partial charge in [0.05, 0.1) is 0 Å². The molecule has 0 radical (unpaired) electrons. The van der Waals surface area contributed by atoms with Crippen molar-refractivity contribution in [2.45, 2.75) is 32.6 Å². The second kappa shape index (κ2) is 11.9. The fourth-order valence-corrected chi connectivity index (χ4v) is 3.97. The smallest absolute Gasteiger partial charge is 0.227 e. The van der Waals surface area contributed by atoms with E-state index in [4.69, 9.17) is 0 Å². The molecule has 2 aromatic rings. The van der Waals surface area contributed by atoms with Crippen molar-refractivity contribution in [3.63, 3.8) is 0 Å². The molecule has 1 aliphatic rings. The minimum absolute atomic E-state index is 0. The first-order valence-corrected chi connectivity index (χ1v) is 10.3. The molecule has 1 amide bonds. The van der Waals surface area contributed by atoms with Crippen LogP contribution in [0.2, 0.25) is 0 Å². The lowest BCUT2D eigenvalue weighted by Gasteiger charge is -2.38. The standard InChI is InChI=1S/C23H31N5O.HI/c1-17-16-28(15-13-20(17)19-9-5-4-6-10-19)23(24-3)25-14-12-22(29)27-21-11-7-8-18(2)26-21;/h4-11,17,20H,12-16H2,1-3H3,(H,24,25)(H,26,27,29);1H. The summed E-state index contributed by atoms with van der Waals surface area (Å²) in [6, 6.07) is 16.4. The quantitative estimate of drug-likeness (QED) is 0.354. The summed E-state index contributed by atoms with van der Waals surface area (Å²) in [6.45, 7) is 6.67. The molecule has 1 fully saturated rings. The Hall–Kier alpha value is -2.16. The summed E-state index contributed by atoms with van der Waals surface area (Å²) in [6.07, 6.45) is 1.47. The Morgan fingerprint density at radius 1 is 1.20 bits per heavy atom. The highest BCUT2D eigenvalue weighted by Crippen LogP contribution is 2.32. The summed E-state index contributed by atoms with van der Waals surface area (Å²) in [5, 5.41) is 6.18. The molecule has 7 heteroatoms. The number of hydrogen-bond acceptors (Lipinski definition) is 3. The van der Waals surface area contributed by atoms with Crippen LogP contribution in [0.15, 0.2) is 53.5 Å². The number of likely N-dealkylation sites (tertiary alicyclic amines) is 1. The van der Waals surface area contributed by atoms with Crippen molar-refractivity contribution in [1.29, 1.82) is 0 Å². The number of pyridine rings is 1. The van der Waals surface area contributed by atoms with E-state index < -0.39 is 0 Å². The lowest BCUT2D eigenvalue weighted by molar-refractivity contribution is -0.116.